The first-order valence-corrected chi connectivity index (χ1v) is 9.59. The molecule has 0 spiro atoms. The zero-order valence-electron chi connectivity index (χ0n) is 15.8. The summed E-state index contributed by atoms with van der Waals surface area (Å²) in [6, 6.07) is 12.6. The summed E-state index contributed by atoms with van der Waals surface area (Å²) in [4.78, 5) is 9.15. The zero-order valence-corrected chi connectivity index (χ0v) is 15.8. The van der Waals surface area contributed by atoms with Crippen LogP contribution in [0.15, 0.2) is 55.0 Å². The number of aryl methyl sites for hydroxylation is 1. The summed E-state index contributed by atoms with van der Waals surface area (Å²) in [5.41, 5.74) is 12.7. The monoisotopic (exact) mass is 373 g/mol. The van der Waals surface area contributed by atoms with Crippen molar-refractivity contribution in [2.45, 2.75) is 12.1 Å². The fourth-order valence-corrected chi connectivity index (χ4v) is 3.97. The number of nitrogens with one attached hydrogen (secondary N) is 1. The molecule has 0 saturated carbocycles. The Kier molecular flexibility index (Phi) is 4.31. The minimum Gasteiger partial charge on any atom is -0.374 e. The van der Waals surface area contributed by atoms with Gasteiger partial charge in [-0.1, -0.05) is 12.1 Å². The minimum atomic E-state index is -0.225. The summed E-state index contributed by atoms with van der Waals surface area (Å²) in [5.74, 6) is 0. The first-order valence-electron chi connectivity index (χ1n) is 9.59. The summed E-state index contributed by atoms with van der Waals surface area (Å²) in [6.07, 6.45) is 5.49. The molecule has 0 bridgehead atoms. The third kappa shape index (κ3) is 2.96. The summed E-state index contributed by atoms with van der Waals surface area (Å²) in [5, 5.41) is 4.58. The van der Waals surface area contributed by atoms with Crippen LogP contribution in [0.4, 0.5) is 0 Å². The first-order chi connectivity index (χ1) is 13.7. The van der Waals surface area contributed by atoms with E-state index in [9.17, 15) is 0 Å². The van der Waals surface area contributed by atoms with Crippen LogP contribution in [0, 0.1) is 0 Å². The van der Waals surface area contributed by atoms with E-state index in [0.717, 1.165) is 40.8 Å². The van der Waals surface area contributed by atoms with Crippen molar-refractivity contribution in [2.75, 3.05) is 19.7 Å². The normalized spacial score (nSPS) is 18.6. The van der Waals surface area contributed by atoms with Gasteiger partial charge in [0.1, 0.15) is 0 Å². The molecular weight excluding hydrogens is 350 g/mol. The van der Waals surface area contributed by atoms with E-state index >= 15 is 0 Å². The molecule has 1 saturated heterocycles. The van der Waals surface area contributed by atoms with Gasteiger partial charge in [-0.15, -0.1) is 0 Å². The van der Waals surface area contributed by atoms with Gasteiger partial charge in [0.25, 0.3) is 0 Å². The lowest BCUT2D eigenvalue weighted by Gasteiger charge is -2.29. The number of aromatic nitrogens is 3. The Hall–Kier alpha value is -2.80. The Morgan fingerprint density at radius 1 is 1.18 bits per heavy atom. The molecule has 6 nitrogen and oxygen atoms in total. The molecule has 6 heteroatoms. The molecule has 1 aliphatic rings. The van der Waals surface area contributed by atoms with Crippen molar-refractivity contribution < 1.29 is 4.74 Å². The molecular formula is C22H23N5O. The average molecular weight is 373 g/mol. The number of benzene rings is 2. The van der Waals surface area contributed by atoms with Gasteiger partial charge in [0.05, 0.1) is 29.8 Å². The topological polar surface area (TPSA) is 78.0 Å². The van der Waals surface area contributed by atoms with Crippen molar-refractivity contribution in [3.05, 3.63) is 60.6 Å². The molecule has 2 aromatic carbocycles. The van der Waals surface area contributed by atoms with Crippen molar-refractivity contribution in [2.24, 2.45) is 12.8 Å². The number of rotatable bonds is 3. The van der Waals surface area contributed by atoms with Gasteiger partial charge in [0.2, 0.25) is 0 Å². The quantitative estimate of drug-likeness (QED) is 0.577. The standard InChI is InChI=1S/C22H23N5O/c1-27-8-4-14-2-3-15(12-19(14)27)17-10-16(11-18-22(17)26-6-5-25-18)21(23)20-13-24-7-9-28-20/h2-6,8,10-12,20-21,24H,7,9,13,23H2,1H3. The molecule has 5 rings (SSSR count). The van der Waals surface area contributed by atoms with E-state index in [4.69, 9.17) is 10.5 Å². The number of ether oxygens (including phenoxy) is 1. The lowest BCUT2D eigenvalue weighted by Crippen LogP contribution is -2.44. The third-order valence-corrected chi connectivity index (χ3v) is 5.54. The van der Waals surface area contributed by atoms with E-state index < -0.39 is 0 Å². The van der Waals surface area contributed by atoms with Crippen molar-refractivity contribution in [1.29, 1.82) is 0 Å². The number of nitrogens with two attached hydrogens (primary N) is 1. The van der Waals surface area contributed by atoms with Gasteiger partial charge in [0, 0.05) is 49.8 Å². The van der Waals surface area contributed by atoms with Gasteiger partial charge in [-0.25, -0.2) is 0 Å². The van der Waals surface area contributed by atoms with Gasteiger partial charge in [-0.3, -0.25) is 9.97 Å². The molecule has 2 unspecified atom stereocenters. The zero-order chi connectivity index (χ0) is 19.1. The predicted octanol–water partition coefficient (Wildman–Crippen LogP) is 2.78. The Bertz CT molecular complexity index is 1150. The van der Waals surface area contributed by atoms with E-state index in [-0.39, 0.29) is 12.1 Å². The summed E-state index contributed by atoms with van der Waals surface area (Å²) in [7, 11) is 2.06. The molecule has 0 radical (unpaired) electrons. The highest BCUT2D eigenvalue weighted by atomic mass is 16.5. The van der Waals surface area contributed by atoms with Crippen LogP contribution in [0.5, 0.6) is 0 Å². The fraction of sp³-hybridized carbons (Fsp3) is 0.273. The highest BCUT2D eigenvalue weighted by molar-refractivity contribution is 5.95. The molecule has 3 N–H and O–H groups in total. The molecule has 2 aromatic heterocycles. The van der Waals surface area contributed by atoms with Crippen LogP contribution in [0.3, 0.4) is 0 Å². The molecule has 1 fully saturated rings. The number of hydrogen-bond donors (Lipinski definition) is 2. The summed E-state index contributed by atoms with van der Waals surface area (Å²) < 4.78 is 8.02. The average Bonchev–Trinajstić information content (AvgIpc) is 3.13. The number of fused-ring (bicyclic) bond motifs is 2. The maximum Gasteiger partial charge on any atom is 0.0965 e. The Morgan fingerprint density at radius 2 is 2.07 bits per heavy atom. The molecule has 142 valence electrons. The van der Waals surface area contributed by atoms with Gasteiger partial charge >= 0.3 is 0 Å². The number of morpholine rings is 1. The largest absolute Gasteiger partial charge is 0.374 e. The van der Waals surface area contributed by atoms with Crippen LogP contribution in [-0.2, 0) is 11.8 Å². The molecule has 4 aromatic rings. The SMILES string of the molecule is Cn1ccc2ccc(-c3cc(C(N)C4CNCCO4)cc4nccnc34)cc21. The molecule has 2 atom stereocenters. The minimum absolute atomic E-state index is 0.0499. The summed E-state index contributed by atoms with van der Waals surface area (Å²) >= 11 is 0. The van der Waals surface area contributed by atoms with Crippen LogP contribution in [0.25, 0.3) is 33.1 Å². The second kappa shape index (κ2) is 6.98. The Labute approximate surface area is 163 Å². The second-order valence-electron chi connectivity index (χ2n) is 7.33. The highest BCUT2D eigenvalue weighted by Crippen LogP contribution is 2.32. The van der Waals surface area contributed by atoms with E-state index in [0.29, 0.717) is 6.61 Å². The van der Waals surface area contributed by atoms with Crippen LogP contribution in [0.1, 0.15) is 11.6 Å². The van der Waals surface area contributed by atoms with Crippen molar-refractivity contribution >= 4 is 21.9 Å². The fourth-order valence-electron chi connectivity index (χ4n) is 3.97. The van der Waals surface area contributed by atoms with Crippen molar-refractivity contribution in [3.63, 3.8) is 0 Å². The maximum absolute atomic E-state index is 6.59. The Balaban J connectivity index is 1.66. The van der Waals surface area contributed by atoms with Gasteiger partial charge in [-0.2, -0.15) is 0 Å². The predicted molar refractivity (Wildman–Crippen MR) is 111 cm³/mol. The van der Waals surface area contributed by atoms with Crippen molar-refractivity contribution in [3.8, 4) is 11.1 Å². The highest BCUT2D eigenvalue weighted by Gasteiger charge is 2.24. The van der Waals surface area contributed by atoms with Crippen LogP contribution >= 0.6 is 0 Å². The lowest BCUT2D eigenvalue weighted by atomic mass is 9.94. The number of hydrogen-bond acceptors (Lipinski definition) is 5. The second-order valence-corrected chi connectivity index (χ2v) is 7.33. The van der Waals surface area contributed by atoms with Crippen LogP contribution < -0.4 is 11.1 Å². The van der Waals surface area contributed by atoms with E-state index in [1.165, 1.54) is 10.9 Å². The Morgan fingerprint density at radius 3 is 2.93 bits per heavy atom. The molecule has 28 heavy (non-hydrogen) atoms. The van der Waals surface area contributed by atoms with Crippen molar-refractivity contribution in [1.82, 2.24) is 19.9 Å². The van der Waals surface area contributed by atoms with Crippen LogP contribution in [0.2, 0.25) is 0 Å². The van der Waals surface area contributed by atoms with Gasteiger partial charge in [0.15, 0.2) is 0 Å². The van der Waals surface area contributed by atoms with Gasteiger partial charge < -0.3 is 20.4 Å². The molecule has 3 heterocycles. The lowest BCUT2D eigenvalue weighted by molar-refractivity contribution is 0.0122. The smallest absolute Gasteiger partial charge is 0.0965 e. The van der Waals surface area contributed by atoms with E-state index in [1.807, 2.05) is 6.07 Å². The maximum atomic E-state index is 6.59. The third-order valence-electron chi connectivity index (χ3n) is 5.54. The van der Waals surface area contributed by atoms with E-state index in [2.05, 4.69) is 63.4 Å². The van der Waals surface area contributed by atoms with Crippen LogP contribution in [-0.4, -0.2) is 40.3 Å². The molecule has 1 aliphatic heterocycles. The molecule has 0 aliphatic carbocycles. The first kappa shape index (κ1) is 17.3. The molecule has 0 amide bonds. The van der Waals surface area contributed by atoms with E-state index in [1.54, 1.807) is 12.4 Å². The number of nitrogens with zero attached hydrogens (tertiary/aromatic N) is 3. The van der Waals surface area contributed by atoms with Gasteiger partial charge in [-0.05, 0) is 40.8 Å². The summed E-state index contributed by atoms with van der Waals surface area (Å²) in [6.45, 7) is 2.31.